The lowest BCUT2D eigenvalue weighted by atomic mass is 10.1. The van der Waals surface area contributed by atoms with Crippen LogP contribution in [-0.4, -0.2) is 33.5 Å². The third-order valence-corrected chi connectivity index (χ3v) is 5.58. The van der Waals surface area contributed by atoms with Gasteiger partial charge >= 0.3 is 5.97 Å². The molecule has 3 aromatic rings. The molecule has 144 valence electrons. The number of aromatic nitrogens is 3. The first-order valence-corrected chi connectivity index (χ1v) is 9.24. The molecule has 0 saturated carbocycles. The van der Waals surface area contributed by atoms with Crippen molar-refractivity contribution in [3.63, 3.8) is 0 Å². The molecule has 9 nitrogen and oxygen atoms in total. The molecule has 0 spiro atoms. The van der Waals surface area contributed by atoms with Gasteiger partial charge in [-0.3, -0.25) is 14.2 Å². The van der Waals surface area contributed by atoms with Gasteiger partial charge in [0.15, 0.2) is 0 Å². The zero-order chi connectivity index (χ0) is 20.2. The standard InChI is InChI=1S/C18H17N5O4S/c1-8-5-10(16(25)23-12(8)14(24)22-18(23,2)3)21-13-9-6-11(17(26)27-4)28-15(9)20-7-19-13/h5-7H,1-4H3,(H,22,24)(H,19,20,21). The fraction of sp³-hybridized carbons (Fsp3) is 0.278. The summed E-state index contributed by atoms with van der Waals surface area (Å²) in [5, 5.41) is 6.44. The molecule has 1 aliphatic rings. The minimum Gasteiger partial charge on any atom is -0.465 e. The number of amides is 1. The highest BCUT2D eigenvalue weighted by atomic mass is 32.1. The molecule has 0 aliphatic carbocycles. The Morgan fingerprint density at radius 3 is 2.75 bits per heavy atom. The van der Waals surface area contributed by atoms with Crippen LogP contribution < -0.4 is 16.2 Å². The number of esters is 1. The first kappa shape index (κ1) is 18.1. The molecule has 10 heteroatoms. The van der Waals surface area contributed by atoms with Crippen LogP contribution in [0.5, 0.6) is 0 Å². The molecule has 0 bridgehead atoms. The zero-order valence-electron chi connectivity index (χ0n) is 15.6. The quantitative estimate of drug-likeness (QED) is 0.648. The number of rotatable bonds is 3. The molecule has 4 heterocycles. The molecule has 1 aliphatic heterocycles. The molecule has 0 radical (unpaired) electrons. The second-order valence-electron chi connectivity index (χ2n) is 6.91. The van der Waals surface area contributed by atoms with E-state index in [1.807, 2.05) is 0 Å². The number of hydrogen-bond donors (Lipinski definition) is 2. The molecule has 28 heavy (non-hydrogen) atoms. The Hall–Kier alpha value is -3.27. The zero-order valence-corrected chi connectivity index (χ0v) is 16.4. The molecule has 4 rings (SSSR count). The van der Waals surface area contributed by atoms with Gasteiger partial charge in [-0.15, -0.1) is 11.3 Å². The largest absolute Gasteiger partial charge is 0.465 e. The van der Waals surface area contributed by atoms with Gasteiger partial charge in [-0.1, -0.05) is 0 Å². The number of carbonyl (C=O) groups excluding carboxylic acids is 2. The number of ether oxygens (including phenoxy) is 1. The number of fused-ring (bicyclic) bond motifs is 2. The highest BCUT2D eigenvalue weighted by molar-refractivity contribution is 7.20. The van der Waals surface area contributed by atoms with E-state index in [2.05, 4.69) is 20.6 Å². The van der Waals surface area contributed by atoms with Gasteiger partial charge in [-0.25, -0.2) is 14.8 Å². The van der Waals surface area contributed by atoms with E-state index in [1.165, 1.54) is 29.3 Å². The lowest BCUT2D eigenvalue weighted by Gasteiger charge is -2.22. The number of nitrogens with zero attached hydrogens (tertiary/aromatic N) is 3. The summed E-state index contributed by atoms with van der Waals surface area (Å²) in [5.74, 6) is -0.353. The van der Waals surface area contributed by atoms with Crippen LogP contribution >= 0.6 is 11.3 Å². The smallest absolute Gasteiger partial charge is 0.348 e. The third-order valence-electron chi connectivity index (χ3n) is 4.55. The van der Waals surface area contributed by atoms with Crippen LogP contribution in [0, 0.1) is 6.92 Å². The molecular weight excluding hydrogens is 382 g/mol. The maximum absolute atomic E-state index is 13.1. The SMILES string of the molecule is COC(=O)c1cc2c(Nc3cc(C)c4n(c3=O)C(C)(C)NC4=O)ncnc2s1. The van der Waals surface area contributed by atoms with Gasteiger partial charge in [0.2, 0.25) is 0 Å². The summed E-state index contributed by atoms with van der Waals surface area (Å²) in [7, 11) is 1.31. The molecule has 1 amide bonds. The normalized spacial score (nSPS) is 14.6. The fourth-order valence-electron chi connectivity index (χ4n) is 3.33. The van der Waals surface area contributed by atoms with Crippen LogP contribution in [-0.2, 0) is 10.4 Å². The summed E-state index contributed by atoms with van der Waals surface area (Å²) >= 11 is 1.18. The van der Waals surface area contributed by atoms with Gasteiger partial charge in [-0.05, 0) is 38.5 Å². The van der Waals surface area contributed by atoms with Gasteiger partial charge in [0, 0.05) is 0 Å². The highest BCUT2D eigenvalue weighted by Gasteiger charge is 2.37. The Kier molecular flexibility index (Phi) is 3.96. The van der Waals surface area contributed by atoms with Crippen molar-refractivity contribution in [2.24, 2.45) is 0 Å². The first-order valence-electron chi connectivity index (χ1n) is 8.42. The van der Waals surface area contributed by atoms with Gasteiger partial charge in [-0.2, -0.15) is 0 Å². The number of anilines is 2. The van der Waals surface area contributed by atoms with Crippen molar-refractivity contribution in [3.05, 3.63) is 44.9 Å². The van der Waals surface area contributed by atoms with Crippen molar-refractivity contribution in [2.45, 2.75) is 26.4 Å². The van der Waals surface area contributed by atoms with Gasteiger partial charge < -0.3 is 15.4 Å². The van der Waals surface area contributed by atoms with Crippen LogP contribution in [0.25, 0.3) is 10.2 Å². The maximum Gasteiger partial charge on any atom is 0.348 e. The van der Waals surface area contributed by atoms with E-state index in [-0.39, 0.29) is 17.2 Å². The van der Waals surface area contributed by atoms with Crippen molar-refractivity contribution in [3.8, 4) is 0 Å². The predicted octanol–water partition coefficient (Wildman–Crippen LogP) is 2.13. The molecule has 0 fully saturated rings. The van der Waals surface area contributed by atoms with Crippen LogP contribution in [0.15, 0.2) is 23.3 Å². The first-order chi connectivity index (χ1) is 13.2. The molecule has 0 aromatic carbocycles. The van der Waals surface area contributed by atoms with Gasteiger partial charge in [0.25, 0.3) is 11.5 Å². The maximum atomic E-state index is 13.1. The summed E-state index contributed by atoms with van der Waals surface area (Å²) in [6.45, 7) is 5.29. The monoisotopic (exact) mass is 399 g/mol. The Bertz CT molecular complexity index is 1210. The third kappa shape index (κ3) is 2.64. The van der Waals surface area contributed by atoms with Gasteiger partial charge in [0.1, 0.15) is 38.9 Å². The summed E-state index contributed by atoms with van der Waals surface area (Å²) in [5.41, 5.74) is 0.0941. The molecule has 3 aromatic heterocycles. The van der Waals surface area contributed by atoms with E-state index in [0.29, 0.717) is 32.2 Å². The summed E-state index contributed by atoms with van der Waals surface area (Å²) in [6.07, 6.45) is 1.36. The Morgan fingerprint density at radius 1 is 1.29 bits per heavy atom. The Labute approximate surface area is 163 Å². The Balaban J connectivity index is 1.84. The van der Waals surface area contributed by atoms with E-state index >= 15 is 0 Å². The number of nitrogens with one attached hydrogen (secondary N) is 2. The molecular formula is C18H17N5O4S. The van der Waals surface area contributed by atoms with Crippen molar-refractivity contribution in [1.82, 2.24) is 19.9 Å². The summed E-state index contributed by atoms with van der Waals surface area (Å²) in [4.78, 5) is 46.5. The summed E-state index contributed by atoms with van der Waals surface area (Å²) < 4.78 is 6.20. The molecule has 0 unspecified atom stereocenters. The van der Waals surface area contributed by atoms with Crippen molar-refractivity contribution < 1.29 is 14.3 Å². The van der Waals surface area contributed by atoms with Crippen molar-refractivity contribution >= 4 is 44.9 Å². The van der Waals surface area contributed by atoms with Crippen molar-refractivity contribution in [2.75, 3.05) is 12.4 Å². The predicted molar refractivity (Wildman–Crippen MR) is 104 cm³/mol. The molecule has 0 saturated heterocycles. The number of aryl methyl sites for hydroxylation is 1. The van der Waals surface area contributed by atoms with E-state index < -0.39 is 11.6 Å². The topological polar surface area (TPSA) is 115 Å². The van der Waals surface area contributed by atoms with Crippen LogP contribution in [0.1, 0.15) is 39.6 Å². The van der Waals surface area contributed by atoms with E-state index in [4.69, 9.17) is 4.74 Å². The van der Waals surface area contributed by atoms with Crippen LogP contribution in [0.3, 0.4) is 0 Å². The van der Waals surface area contributed by atoms with Crippen LogP contribution in [0.4, 0.5) is 11.5 Å². The number of hydrogen-bond acceptors (Lipinski definition) is 8. The van der Waals surface area contributed by atoms with E-state index in [9.17, 15) is 14.4 Å². The molecule has 0 atom stereocenters. The number of pyridine rings is 1. The minimum absolute atomic E-state index is 0.275. The van der Waals surface area contributed by atoms with Gasteiger partial charge in [0.05, 0.1) is 12.5 Å². The number of carbonyl (C=O) groups is 2. The van der Waals surface area contributed by atoms with Crippen LogP contribution in [0.2, 0.25) is 0 Å². The Morgan fingerprint density at radius 2 is 2.04 bits per heavy atom. The second kappa shape index (κ2) is 6.13. The number of methoxy groups -OCH3 is 1. The average molecular weight is 399 g/mol. The summed E-state index contributed by atoms with van der Waals surface area (Å²) in [6, 6.07) is 3.25. The minimum atomic E-state index is -0.840. The lowest BCUT2D eigenvalue weighted by molar-refractivity contribution is 0.0606. The lowest BCUT2D eigenvalue weighted by Crippen LogP contribution is -2.42. The fourth-order valence-corrected chi connectivity index (χ4v) is 4.24. The molecule has 2 N–H and O–H groups in total. The highest BCUT2D eigenvalue weighted by Crippen LogP contribution is 2.31. The van der Waals surface area contributed by atoms with E-state index in [0.717, 1.165) is 0 Å². The second-order valence-corrected chi connectivity index (χ2v) is 7.94. The van der Waals surface area contributed by atoms with Crippen molar-refractivity contribution in [1.29, 1.82) is 0 Å². The van der Waals surface area contributed by atoms with E-state index in [1.54, 1.807) is 32.9 Å². The number of thiophene rings is 1. The average Bonchev–Trinajstić information content (AvgIpc) is 3.17.